The third kappa shape index (κ3) is 29.6. The lowest BCUT2D eigenvalue weighted by molar-refractivity contribution is -0.144. The van der Waals surface area contributed by atoms with Gasteiger partial charge in [0.15, 0.2) is 5.78 Å². The van der Waals surface area contributed by atoms with E-state index in [9.17, 15) is 24.0 Å². The van der Waals surface area contributed by atoms with Crippen molar-refractivity contribution in [2.75, 3.05) is 26.7 Å². The number of carbonyl (C=O) groups excluding carboxylic acids is 5. The summed E-state index contributed by atoms with van der Waals surface area (Å²) in [4.78, 5) is 65.3. The van der Waals surface area contributed by atoms with E-state index in [0.717, 1.165) is 70.9 Å². The van der Waals surface area contributed by atoms with E-state index < -0.39 is 18.0 Å². The van der Waals surface area contributed by atoms with Gasteiger partial charge < -0.3 is 26.0 Å². The van der Waals surface area contributed by atoms with Crippen LogP contribution in [0.4, 0.5) is 0 Å². The van der Waals surface area contributed by atoms with Gasteiger partial charge in [0.1, 0.15) is 11.8 Å². The summed E-state index contributed by atoms with van der Waals surface area (Å²) < 4.78 is 4.94. The molecule has 0 bridgehead atoms. The monoisotopic (exact) mass is 752 g/mol. The van der Waals surface area contributed by atoms with Crippen LogP contribution in [-0.2, 0) is 28.7 Å². The van der Waals surface area contributed by atoms with Crippen molar-refractivity contribution in [2.45, 2.75) is 207 Å². The van der Waals surface area contributed by atoms with Gasteiger partial charge in [0, 0.05) is 54.8 Å². The fraction of sp³-hybridized carbons (Fsp3) is 0.881. The lowest BCUT2D eigenvalue weighted by atomic mass is 9.87. The molecular weight excluding hydrogens is 670 g/mol. The molecule has 11 nitrogen and oxygen atoms in total. The zero-order valence-corrected chi connectivity index (χ0v) is 35.8. The molecule has 0 unspecified atom stereocenters. The van der Waals surface area contributed by atoms with Crippen molar-refractivity contribution in [2.24, 2.45) is 5.92 Å². The second-order valence-electron chi connectivity index (χ2n) is 17.9. The van der Waals surface area contributed by atoms with Crippen molar-refractivity contribution in [1.82, 2.24) is 26.6 Å². The van der Waals surface area contributed by atoms with E-state index in [2.05, 4.69) is 75.1 Å². The highest BCUT2D eigenvalue weighted by molar-refractivity contribution is 5.94. The summed E-state index contributed by atoms with van der Waals surface area (Å²) in [5.41, 5.74) is -0.235. The van der Waals surface area contributed by atoms with Gasteiger partial charge in [-0.05, 0) is 133 Å². The Morgan fingerprint density at radius 1 is 0.547 bits per heavy atom. The Kier molecular flexibility index (Phi) is 26.0. The van der Waals surface area contributed by atoms with Crippen molar-refractivity contribution >= 4 is 29.4 Å². The van der Waals surface area contributed by atoms with Crippen molar-refractivity contribution in [3.8, 4) is 0 Å². The number of carbonyl (C=O) groups is 5. The van der Waals surface area contributed by atoms with Gasteiger partial charge in [0.25, 0.3) is 0 Å². The van der Waals surface area contributed by atoms with Crippen LogP contribution in [-0.4, -0.2) is 84.8 Å². The quantitative estimate of drug-likeness (QED) is 0.0399. The molecule has 0 aromatic heterocycles. The summed E-state index contributed by atoms with van der Waals surface area (Å²) in [7, 11) is 1.38. The highest BCUT2D eigenvalue weighted by Crippen LogP contribution is 2.20. The molecule has 0 aliphatic carbocycles. The zero-order chi connectivity index (χ0) is 40.5. The first kappa shape index (κ1) is 50.6. The fourth-order valence-corrected chi connectivity index (χ4v) is 6.11. The second-order valence-corrected chi connectivity index (χ2v) is 17.9. The normalized spacial score (nSPS) is 13.9. The predicted octanol–water partition coefficient (Wildman–Crippen LogP) is 6.70. The highest BCUT2D eigenvalue weighted by Gasteiger charge is 2.28. The Balaban J connectivity index is 5.39. The van der Waals surface area contributed by atoms with Crippen molar-refractivity contribution < 1.29 is 28.7 Å². The standard InChI is InChI=1S/C42H81N5O6/c1-12-13-14-15-25-38(51)46-33(23-18-21-30-45-41(5,6)7)36(49)31-32(22-16-20-29-44-40(2,3)4)35(48)26-27-37(50)43-28-19-17-24-34(39(52)53-11)47-42(8,9)10/h32-34,44-45,47H,12-31H2,1-11H3,(H,43,50)(H,46,51)/t32-,33+,34+/m1/s1. The molecule has 0 saturated carbocycles. The van der Waals surface area contributed by atoms with Crippen LogP contribution in [0.25, 0.3) is 0 Å². The van der Waals surface area contributed by atoms with E-state index in [1.165, 1.54) is 7.11 Å². The SMILES string of the molecule is CCCCCCC(=O)N[C@@H](CCCCNC(C)(C)C)C(=O)C[C@@H](CCCCNC(C)(C)C)C(=O)CCC(=O)NCCCC[C@H](NC(C)(C)C)C(=O)OC. The Bertz CT molecular complexity index is 1060. The molecule has 0 spiro atoms. The average Bonchev–Trinajstić information content (AvgIpc) is 3.05. The molecule has 0 fully saturated rings. The molecule has 0 aromatic rings. The van der Waals surface area contributed by atoms with Gasteiger partial charge in [-0.25, -0.2) is 0 Å². The molecule has 11 heteroatoms. The first-order valence-electron chi connectivity index (χ1n) is 20.6. The van der Waals surface area contributed by atoms with E-state index >= 15 is 0 Å². The minimum Gasteiger partial charge on any atom is -0.468 e. The van der Waals surface area contributed by atoms with Crippen LogP contribution in [0.3, 0.4) is 0 Å². The Morgan fingerprint density at radius 2 is 1.09 bits per heavy atom. The minimum absolute atomic E-state index is 0.00467. The summed E-state index contributed by atoms with van der Waals surface area (Å²) in [6.45, 7) is 22.9. The highest BCUT2D eigenvalue weighted by atomic mass is 16.5. The van der Waals surface area contributed by atoms with E-state index in [0.29, 0.717) is 38.6 Å². The van der Waals surface area contributed by atoms with Crippen LogP contribution in [0.1, 0.15) is 178 Å². The Hall–Kier alpha value is -2.37. The molecule has 0 radical (unpaired) electrons. The van der Waals surface area contributed by atoms with Gasteiger partial charge in [0.05, 0.1) is 13.2 Å². The maximum Gasteiger partial charge on any atom is 0.322 e. The fourth-order valence-electron chi connectivity index (χ4n) is 6.11. The number of esters is 1. The number of methoxy groups -OCH3 is 1. The maximum absolute atomic E-state index is 13.8. The Morgan fingerprint density at radius 3 is 1.62 bits per heavy atom. The van der Waals surface area contributed by atoms with Gasteiger partial charge in [-0.1, -0.05) is 32.6 Å². The first-order valence-corrected chi connectivity index (χ1v) is 20.6. The van der Waals surface area contributed by atoms with Crippen LogP contribution in [0.2, 0.25) is 0 Å². The van der Waals surface area contributed by atoms with Gasteiger partial charge in [-0.2, -0.15) is 0 Å². The maximum atomic E-state index is 13.8. The summed E-state index contributed by atoms with van der Waals surface area (Å²) in [6.07, 6.45) is 11.0. The van der Waals surface area contributed by atoms with Gasteiger partial charge in [-0.3, -0.25) is 29.3 Å². The largest absolute Gasteiger partial charge is 0.468 e. The third-order valence-corrected chi connectivity index (χ3v) is 9.03. The van der Waals surface area contributed by atoms with E-state index in [4.69, 9.17) is 4.74 Å². The molecule has 310 valence electrons. The smallest absolute Gasteiger partial charge is 0.322 e. The molecule has 0 aliphatic heterocycles. The molecule has 2 amide bonds. The van der Waals surface area contributed by atoms with Crippen LogP contribution < -0.4 is 26.6 Å². The molecule has 53 heavy (non-hydrogen) atoms. The molecule has 0 rings (SSSR count). The minimum atomic E-state index is -0.623. The number of ether oxygens (including phenoxy) is 1. The summed E-state index contributed by atoms with van der Waals surface area (Å²) in [5.74, 6) is -1.28. The number of nitrogens with one attached hydrogen (secondary N) is 5. The van der Waals surface area contributed by atoms with Gasteiger partial charge in [-0.15, -0.1) is 0 Å². The van der Waals surface area contributed by atoms with Crippen molar-refractivity contribution in [3.05, 3.63) is 0 Å². The number of ketones is 2. The first-order chi connectivity index (χ1) is 24.7. The number of hydrogen-bond acceptors (Lipinski definition) is 9. The summed E-state index contributed by atoms with van der Waals surface area (Å²) in [5, 5.41) is 16.2. The number of amides is 2. The van der Waals surface area contributed by atoms with E-state index in [1.54, 1.807) is 0 Å². The van der Waals surface area contributed by atoms with Crippen LogP contribution in [0.5, 0.6) is 0 Å². The average molecular weight is 752 g/mol. The zero-order valence-electron chi connectivity index (χ0n) is 35.8. The molecule has 5 N–H and O–H groups in total. The molecule has 0 heterocycles. The van der Waals surface area contributed by atoms with Crippen LogP contribution in [0, 0.1) is 5.92 Å². The second kappa shape index (κ2) is 27.2. The van der Waals surface area contributed by atoms with Gasteiger partial charge >= 0.3 is 5.97 Å². The molecule has 0 saturated heterocycles. The predicted molar refractivity (Wildman–Crippen MR) is 217 cm³/mol. The number of hydrogen-bond donors (Lipinski definition) is 5. The van der Waals surface area contributed by atoms with Gasteiger partial charge in [0.2, 0.25) is 11.8 Å². The van der Waals surface area contributed by atoms with Crippen molar-refractivity contribution in [1.29, 1.82) is 0 Å². The molecular formula is C42H81N5O6. The molecule has 3 atom stereocenters. The lowest BCUT2D eigenvalue weighted by Gasteiger charge is -2.26. The van der Waals surface area contributed by atoms with Crippen LogP contribution in [0.15, 0.2) is 0 Å². The van der Waals surface area contributed by atoms with E-state index in [-0.39, 0.29) is 65.2 Å². The van der Waals surface area contributed by atoms with Crippen LogP contribution >= 0.6 is 0 Å². The molecule has 0 aliphatic rings. The number of unbranched alkanes of at least 4 members (excludes halogenated alkanes) is 6. The summed E-state index contributed by atoms with van der Waals surface area (Å²) >= 11 is 0. The Labute approximate surface area is 323 Å². The molecule has 0 aromatic carbocycles. The van der Waals surface area contributed by atoms with E-state index in [1.807, 2.05) is 20.8 Å². The topological polar surface area (TPSA) is 155 Å². The number of rotatable bonds is 30. The third-order valence-electron chi connectivity index (χ3n) is 9.03. The lowest BCUT2D eigenvalue weighted by Crippen LogP contribution is -2.48. The number of Topliss-reactive ketones (excluding diaryl/α,β-unsaturated/α-hetero) is 2. The summed E-state index contributed by atoms with van der Waals surface area (Å²) in [6, 6.07) is -1.04. The van der Waals surface area contributed by atoms with Crippen molar-refractivity contribution in [3.63, 3.8) is 0 Å².